The first kappa shape index (κ1) is 16.6. The first-order valence-corrected chi connectivity index (χ1v) is 8.46. The van der Waals surface area contributed by atoms with Crippen LogP contribution in [0.1, 0.15) is 46.0 Å². The predicted molar refractivity (Wildman–Crippen MR) is 87.5 cm³/mol. The number of hydrogen-bond donors (Lipinski definition) is 2. The van der Waals surface area contributed by atoms with Crippen LogP contribution in [0.2, 0.25) is 0 Å². The molecule has 2 aliphatic rings. The molecule has 2 fully saturated rings. The Balaban J connectivity index is 1.95. The molecule has 0 unspecified atom stereocenters. The predicted octanol–water partition coefficient (Wildman–Crippen LogP) is 1.58. The van der Waals surface area contributed by atoms with Gasteiger partial charge in [-0.2, -0.15) is 0 Å². The first-order valence-electron chi connectivity index (χ1n) is 8.46. The third-order valence-electron chi connectivity index (χ3n) is 4.60. The number of guanidine groups is 1. The maximum absolute atomic E-state index is 5.99. The molecule has 0 aromatic carbocycles. The molecule has 1 heterocycles. The molecule has 1 aliphatic carbocycles. The lowest BCUT2D eigenvalue weighted by molar-refractivity contribution is 0.00938. The Morgan fingerprint density at radius 2 is 1.90 bits per heavy atom. The third-order valence-corrected chi connectivity index (χ3v) is 4.60. The van der Waals surface area contributed by atoms with Crippen molar-refractivity contribution in [1.82, 2.24) is 10.2 Å². The van der Waals surface area contributed by atoms with Gasteiger partial charge in [-0.15, -0.1) is 0 Å². The SMILES string of the molecule is CC(C)NC(N)=NCC1(CN2CCOCC2)CCCCC1. The molecule has 0 spiro atoms. The van der Waals surface area contributed by atoms with Crippen LogP contribution in [0.5, 0.6) is 0 Å². The molecule has 122 valence electrons. The summed E-state index contributed by atoms with van der Waals surface area (Å²) in [6, 6.07) is 0.343. The fraction of sp³-hybridized carbons (Fsp3) is 0.938. The van der Waals surface area contributed by atoms with Gasteiger partial charge in [0.15, 0.2) is 5.96 Å². The molecule has 21 heavy (non-hydrogen) atoms. The van der Waals surface area contributed by atoms with Gasteiger partial charge in [0.2, 0.25) is 0 Å². The Morgan fingerprint density at radius 1 is 1.24 bits per heavy atom. The number of aliphatic imine (C=N–C) groups is 1. The summed E-state index contributed by atoms with van der Waals surface area (Å²) in [6.45, 7) is 10.0. The van der Waals surface area contributed by atoms with E-state index in [1.165, 1.54) is 32.1 Å². The van der Waals surface area contributed by atoms with Gasteiger partial charge in [0.25, 0.3) is 0 Å². The molecule has 0 radical (unpaired) electrons. The van der Waals surface area contributed by atoms with Gasteiger partial charge in [0.05, 0.1) is 13.2 Å². The summed E-state index contributed by atoms with van der Waals surface area (Å²) < 4.78 is 5.46. The molecule has 0 atom stereocenters. The Hall–Kier alpha value is -0.810. The molecule has 1 saturated heterocycles. The van der Waals surface area contributed by atoms with Crippen molar-refractivity contribution < 1.29 is 4.74 Å². The Morgan fingerprint density at radius 3 is 2.52 bits per heavy atom. The van der Waals surface area contributed by atoms with Crippen LogP contribution in [0.15, 0.2) is 4.99 Å². The topological polar surface area (TPSA) is 62.9 Å². The fourth-order valence-electron chi connectivity index (χ4n) is 3.50. The van der Waals surface area contributed by atoms with E-state index in [-0.39, 0.29) is 0 Å². The van der Waals surface area contributed by atoms with E-state index in [1.807, 2.05) is 0 Å². The second-order valence-corrected chi connectivity index (χ2v) is 6.95. The van der Waals surface area contributed by atoms with Gasteiger partial charge in [-0.3, -0.25) is 9.89 Å². The van der Waals surface area contributed by atoms with Gasteiger partial charge in [-0.1, -0.05) is 19.3 Å². The highest BCUT2D eigenvalue weighted by atomic mass is 16.5. The summed E-state index contributed by atoms with van der Waals surface area (Å²) in [5.74, 6) is 0.594. The quantitative estimate of drug-likeness (QED) is 0.597. The van der Waals surface area contributed by atoms with Gasteiger partial charge < -0.3 is 15.8 Å². The Labute approximate surface area is 129 Å². The van der Waals surface area contributed by atoms with Crippen LogP contribution < -0.4 is 11.1 Å². The Kier molecular flexibility index (Phi) is 6.30. The minimum absolute atomic E-state index is 0.318. The largest absolute Gasteiger partial charge is 0.379 e. The summed E-state index contributed by atoms with van der Waals surface area (Å²) in [7, 11) is 0. The van der Waals surface area contributed by atoms with E-state index >= 15 is 0 Å². The fourth-order valence-corrected chi connectivity index (χ4v) is 3.50. The molecular weight excluding hydrogens is 264 g/mol. The highest BCUT2D eigenvalue weighted by molar-refractivity contribution is 5.78. The summed E-state index contributed by atoms with van der Waals surface area (Å²) in [5, 5.41) is 3.20. The van der Waals surface area contributed by atoms with Crippen LogP contribution in [0.3, 0.4) is 0 Å². The summed E-state index contributed by atoms with van der Waals surface area (Å²) in [5.41, 5.74) is 6.31. The van der Waals surface area contributed by atoms with Crippen LogP contribution in [0, 0.1) is 5.41 Å². The zero-order chi connectivity index (χ0) is 15.1. The minimum atomic E-state index is 0.318. The number of ether oxygens (including phenoxy) is 1. The van der Waals surface area contributed by atoms with E-state index in [1.54, 1.807) is 0 Å². The number of hydrogen-bond acceptors (Lipinski definition) is 3. The number of rotatable bonds is 5. The molecule has 1 aliphatic heterocycles. The second-order valence-electron chi connectivity index (χ2n) is 6.95. The van der Waals surface area contributed by atoms with E-state index in [4.69, 9.17) is 10.5 Å². The van der Waals surface area contributed by atoms with Gasteiger partial charge in [-0.25, -0.2) is 0 Å². The summed E-state index contributed by atoms with van der Waals surface area (Å²) in [6.07, 6.45) is 6.59. The monoisotopic (exact) mass is 296 g/mol. The van der Waals surface area contributed by atoms with Crippen LogP contribution in [0.25, 0.3) is 0 Å². The van der Waals surface area contributed by atoms with Crippen molar-refractivity contribution in [2.75, 3.05) is 39.4 Å². The lowest BCUT2D eigenvalue weighted by Crippen LogP contribution is -2.46. The molecular formula is C16H32N4O. The van der Waals surface area contributed by atoms with E-state index < -0.39 is 0 Å². The molecule has 0 bridgehead atoms. The standard InChI is InChI=1S/C16H32N4O/c1-14(2)19-15(17)18-12-16(6-4-3-5-7-16)13-20-8-10-21-11-9-20/h14H,3-13H2,1-2H3,(H3,17,18,19). The lowest BCUT2D eigenvalue weighted by atomic mass is 9.73. The molecule has 5 heteroatoms. The van der Waals surface area contributed by atoms with E-state index in [0.29, 0.717) is 17.4 Å². The molecule has 0 amide bonds. The highest BCUT2D eigenvalue weighted by Crippen LogP contribution is 2.37. The molecule has 0 aromatic rings. The minimum Gasteiger partial charge on any atom is -0.379 e. The molecule has 0 aromatic heterocycles. The van der Waals surface area contributed by atoms with Crippen LogP contribution in [0.4, 0.5) is 0 Å². The van der Waals surface area contributed by atoms with Crippen molar-refractivity contribution in [1.29, 1.82) is 0 Å². The van der Waals surface area contributed by atoms with E-state index in [0.717, 1.165) is 39.4 Å². The Bertz CT molecular complexity index is 331. The maximum atomic E-state index is 5.99. The van der Waals surface area contributed by atoms with Crippen LogP contribution in [-0.4, -0.2) is 56.3 Å². The summed E-state index contributed by atoms with van der Waals surface area (Å²) in [4.78, 5) is 7.20. The van der Waals surface area contributed by atoms with Gasteiger partial charge in [-0.05, 0) is 26.7 Å². The average Bonchev–Trinajstić information content (AvgIpc) is 2.47. The van der Waals surface area contributed by atoms with E-state index in [2.05, 4.69) is 29.1 Å². The van der Waals surface area contributed by atoms with Crippen molar-refractivity contribution >= 4 is 5.96 Å². The summed E-state index contributed by atoms with van der Waals surface area (Å²) >= 11 is 0. The normalized spacial score (nSPS) is 24.2. The van der Waals surface area contributed by atoms with Crippen molar-refractivity contribution in [2.45, 2.75) is 52.0 Å². The van der Waals surface area contributed by atoms with E-state index in [9.17, 15) is 0 Å². The third kappa shape index (κ3) is 5.47. The van der Waals surface area contributed by atoms with Crippen LogP contribution in [-0.2, 0) is 4.74 Å². The zero-order valence-corrected chi connectivity index (χ0v) is 13.7. The number of morpholine rings is 1. The second kappa shape index (κ2) is 7.99. The van der Waals surface area contributed by atoms with Crippen molar-refractivity contribution in [3.63, 3.8) is 0 Å². The molecule has 2 rings (SSSR count). The highest BCUT2D eigenvalue weighted by Gasteiger charge is 2.34. The van der Waals surface area contributed by atoms with Gasteiger partial charge in [0.1, 0.15) is 0 Å². The number of nitrogens with one attached hydrogen (secondary N) is 1. The first-order chi connectivity index (χ1) is 10.1. The van der Waals surface area contributed by atoms with Crippen molar-refractivity contribution in [3.8, 4) is 0 Å². The zero-order valence-electron chi connectivity index (χ0n) is 13.7. The smallest absolute Gasteiger partial charge is 0.188 e. The number of nitrogens with two attached hydrogens (primary N) is 1. The van der Waals surface area contributed by atoms with Gasteiger partial charge >= 0.3 is 0 Å². The number of nitrogens with zero attached hydrogens (tertiary/aromatic N) is 2. The molecule has 5 nitrogen and oxygen atoms in total. The molecule has 1 saturated carbocycles. The van der Waals surface area contributed by atoms with Crippen molar-refractivity contribution in [2.24, 2.45) is 16.1 Å². The van der Waals surface area contributed by atoms with Crippen molar-refractivity contribution in [3.05, 3.63) is 0 Å². The average molecular weight is 296 g/mol. The lowest BCUT2D eigenvalue weighted by Gasteiger charge is -2.41. The molecule has 3 N–H and O–H groups in total. The van der Waals surface area contributed by atoms with Gasteiger partial charge in [0, 0.05) is 37.6 Å². The maximum Gasteiger partial charge on any atom is 0.188 e. The van der Waals surface area contributed by atoms with Crippen LogP contribution >= 0.6 is 0 Å².